The number of carbonyl (C=O) groups is 3. The minimum absolute atomic E-state index is 0.0773. The van der Waals surface area contributed by atoms with E-state index in [0.717, 1.165) is 0 Å². The molecule has 1 heterocycles. The lowest BCUT2D eigenvalue weighted by molar-refractivity contribution is -0.137. The molecule has 7 heteroatoms. The van der Waals surface area contributed by atoms with Gasteiger partial charge in [-0.05, 0) is 32.2 Å². The van der Waals surface area contributed by atoms with Gasteiger partial charge in [-0.15, -0.1) is 0 Å². The van der Waals surface area contributed by atoms with Crippen molar-refractivity contribution in [2.45, 2.75) is 26.3 Å². The van der Waals surface area contributed by atoms with Crippen molar-refractivity contribution in [2.75, 3.05) is 20.2 Å². The van der Waals surface area contributed by atoms with Crippen LogP contribution in [0.2, 0.25) is 0 Å². The predicted molar refractivity (Wildman–Crippen MR) is 80.1 cm³/mol. The first-order chi connectivity index (χ1) is 9.69. The van der Waals surface area contributed by atoms with Crippen molar-refractivity contribution in [1.29, 1.82) is 0 Å². The Morgan fingerprint density at radius 2 is 2.00 bits per heavy atom. The average Bonchev–Trinajstić information content (AvgIpc) is 2.86. The van der Waals surface area contributed by atoms with Gasteiger partial charge in [0.25, 0.3) is 5.91 Å². The lowest BCUT2D eigenvalue weighted by Gasteiger charge is -2.23. The fraction of sp³-hybridized carbons (Fsp3) is 0.500. The molecule has 1 rings (SSSR count). The van der Waals surface area contributed by atoms with Gasteiger partial charge in [0.05, 0.1) is 12.1 Å². The van der Waals surface area contributed by atoms with E-state index in [2.05, 4.69) is 5.32 Å². The van der Waals surface area contributed by atoms with E-state index < -0.39 is 11.9 Å². The van der Waals surface area contributed by atoms with Crippen LogP contribution >= 0.6 is 11.3 Å². The maximum Gasteiger partial charge on any atom is 0.339 e. The van der Waals surface area contributed by atoms with Crippen LogP contribution in [0, 0.1) is 0 Å². The van der Waals surface area contributed by atoms with Gasteiger partial charge in [0, 0.05) is 18.0 Å². The molecule has 0 aliphatic carbocycles. The van der Waals surface area contributed by atoms with E-state index >= 15 is 0 Å². The Labute approximate surface area is 128 Å². The van der Waals surface area contributed by atoms with Gasteiger partial charge in [-0.1, -0.05) is 0 Å². The summed E-state index contributed by atoms with van der Waals surface area (Å²) in [5, 5.41) is 6.15. The first kappa shape index (κ1) is 17.2. The van der Waals surface area contributed by atoms with Gasteiger partial charge in [-0.2, -0.15) is 11.3 Å². The summed E-state index contributed by atoms with van der Waals surface area (Å²) in [6, 6.07) is 1.62. The van der Waals surface area contributed by atoms with E-state index in [4.69, 9.17) is 4.74 Å². The smallest absolute Gasteiger partial charge is 0.339 e. The molecule has 0 fully saturated rings. The Bertz CT molecular complexity index is 506. The first-order valence-corrected chi connectivity index (χ1v) is 7.37. The van der Waals surface area contributed by atoms with Gasteiger partial charge in [-0.25, -0.2) is 4.79 Å². The van der Waals surface area contributed by atoms with E-state index in [0.29, 0.717) is 5.56 Å². The number of carbonyl (C=O) groups excluding carboxylic acids is 3. The van der Waals surface area contributed by atoms with E-state index in [1.54, 1.807) is 16.8 Å². The number of ether oxygens (including phenoxy) is 1. The molecule has 0 bridgehead atoms. The topological polar surface area (TPSA) is 75.7 Å². The molecule has 0 radical (unpaired) electrons. The molecule has 0 aromatic carbocycles. The molecule has 0 saturated carbocycles. The highest BCUT2D eigenvalue weighted by molar-refractivity contribution is 7.08. The second-order valence-electron chi connectivity index (χ2n) is 5.64. The number of amides is 2. The van der Waals surface area contributed by atoms with Crippen molar-refractivity contribution in [1.82, 2.24) is 10.2 Å². The largest absolute Gasteiger partial charge is 0.452 e. The minimum atomic E-state index is -0.544. The third-order valence-electron chi connectivity index (χ3n) is 2.40. The molecule has 116 valence electrons. The molecule has 0 saturated heterocycles. The maximum absolute atomic E-state index is 11.8. The zero-order chi connectivity index (χ0) is 16.0. The standard InChI is InChI=1S/C14H20N2O4S/c1-14(2,3)15-11(17)7-16(4)12(18)8-20-13(19)10-5-6-21-9-10/h5-6,9H,7-8H2,1-4H3,(H,15,17). The highest BCUT2D eigenvalue weighted by Gasteiger charge is 2.19. The van der Waals surface area contributed by atoms with Crippen LogP contribution in [0.1, 0.15) is 31.1 Å². The summed E-state index contributed by atoms with van der Waals surface area (Å²) >= 11 is 1.37. The molecule has 1 aromatic rings. The number of esters is 1. The summed E-state index contributed by atoms with van der Waals surface area (Å²) in [7, 11) is 1.49. The van der Waals surface area contributed by atoms with Crippen LogP contribution in [0.4, 0.5) is 0 Å². The molecule has 0 atom stereocenters. The highest BCUT2D eigenvalue weighted by atomic mass is 32.1. The van der Waals surface area contributed by atoms with Crippen LogP contribution in [0.25, 0.3) is 0 Å². The Kier molecular flexibility index (Phi) is 5.90. The Balaban J connectivity index is 2.38. The third-order valence-corrected chi connectivity index (χ3v) is 3.09. The molecule has 0 unspecified atom stereocenters. The van der Waals surface area contributed by atoms with Crippen molar-refractivity contribution in [3.05, 3.63) is 22.4 Å². The lowest BCUT2D eigenvalue weighted by atomic mass is 10.1. The number of likely N-dealkylation sites (N-methyl/N-ethyl adjacent to an activating group) is 1. The Morgan fingerprint density at radius 3 is 2.52 bits per heavy atom. The summed E-state index contributed by atoms with van der Waals surface area (Å²) in [5.74, 6) is -1.23. The van der Waals surface area contributed by atoms with E-state index in [-0.39, 0.29) is 24.6 Å². The van der Waals surface area contributed by atoms with Crippen LogP contribution in [-0.2, 0) is 14.3 Å². The second-order valence-corrected chi connectivity index (χ2v) is 6.42. The molecule has 0 aliphatic heterocycles. The van der Waals surface area contributed by atoms with Crippen molar-refractivity contribution < 1.29 is 19.1 Å². The maximum atomic E-state index is 11.8. The molecule has 6 nitrogen and oxygen atoms in total. The van der Waals surface area contributed by atoms with Crippen LogP contribution < -0.4 is 5.32 Å². The van der Waals surface area contributed by atoms with Crippen molar-refractivity contribution in [3.63, 3.8) is 0 Å². The average molecular weight is 312 g/mol. The number of nitrogens with one attached hydrogen (secondary N) is 1. The molecular weight excluding hydrogens is 292 g/mol. The van der Waals surface area contributed by atoms with Crippen molar-refractivity contribution in [2.24, 2.45) is 0 Å². The number of hydrogen-bond acceptors (Lipinski definition) is 5. The highest BCUT2D eigenvalue weighted by Crippen LogP contribution is 2.07. The normalized spacial score (nSPS) is 10.9. The van der Waals surface area contributed by atoms with E-state index in [1.165, 1.54) is 23.3 Å². The van der Waals surface area contributed by atoms with Crippen LogP contribution in [0.5, 0.6) is 0 Å². The molecular formula is C14H20N2O4S. The number of rotatable bonds is 5. The van der Waals surface area contributed by atoms with Crippen molar-refractivity contribution >= 4 is 29.1 Å². The van der Waals surface area contributed by atoms with Crippen LogP contribution in [0.3, 0.4) is 0 Å². The van der Waals surface area contributed by atoms with Gasteiger partial charge in [-0.3, -0.25) is 9.59 Å². The fourth-order valence-electron chi connectivity index (χ4n) is 1.46. The molecule has 1 N–H and O–H groups in total. The zero-order valence-corrected chi connectivity index (χ0v) is 13.5. The second kappa shape index (κ2) is 7.21. The van der Waals surface area contributed by atoms with Crippen LogP contribution in [-0.4, -0.2) is 48.4 Å². The van der Waals surface area contributed by atoms with Gasteiger partial charge < -0.3 is 15.0 Å². The number of hydrogen-bond donors (Lipinski definition) is 1. The van der Waals surface area contributed by atoms with Crippen molar-refractivity contribution in [3.8, 4) is 0 Å². The fourth-order valence-corrected chi connectivity index (χ4v) is 2.09. The quantitative estimate of drug-likeness (QED) is 0.831. The first-order valence-electron chi connectivity index (χ1n) is 6.43. The van der Waals surface area contributed by atoms with E-state index in [1.807, 2.05) is 20.8 Å². The third kappa shape index (κ3) is 6.40. The molecule has 0 aliphatic rings. The van der Waals surface area contributed by atoms with Gasteiger partial charge >= 0.3 is 5.97 Å². The van der Waals surface area contributed by atoms with E-state index in [9.17, 15) is 14.4 Å². The number of nitrogens with zero attached hydrogens (tertiary/aromatic N) is 1. The Hall–Kier alpha value is -1.89. The zero-order valence-electron chi connectivity index (χ0n) is 12.6. The summed E-state index contributed by atoms with van der Waals surface area (Å²) in [6.45, 7) is 5.11. The summed E-state index contributed by atoms with van der Waals surface area (Å²) in [6.07, 6.45) is 0. The van der Waals surface area contributed by atoms with Gasteiger partial charge in [0.2, 0.25) is 5.91 Å². The Morgan fingerprint density at radius 1 is 1.33 bits per heavy atom. The number of thiophene rings is 1. The van der Waals surface area contributed by atoms with Crippen LogP contribution in [0.15, 0.2) is 16.8 Å². The predicted octanol–water partition coefficient (Wildman–Crippen LogP) is 1.28. The molecule has 0 spiro atoms. The summed E-state index contributed by atoms with van der Waals surface area (Å²) in [4.78, 5) is 36.3. The minimum Gasteiger partial charge on any atom is -0.452 e. The lowest BCUT2D eigenvalue weighted by Crippen LogP contribution is -2.46. The summed E-state index contributed by atoms with van der Waals surface area (Å²) in [5.41, 5.74) is 0.0628. The monoisotopic (exact) mass is 312 g/mol. The molecule has 21 heavy (non-hydrogen) atoms. The van der Waals surface area contributed by atoms with Gasteiger partial charge in [0.15, 0.2) is 6.61 Å². The molecule has 1 aromatic heterocycles. The SMILES string of the molecule is CN(CC(=O)NC(C)(C)C)C(=O)COC(=O)c1ccsc1. The van der Waals surface area contributed by atoms with Gasteiger partial charge in [0.1, 0.15) is 0 Å². The molecule has 2 amide bonds. The summed E-state index contributed by atoms with van der Waals surface area (Å²) < 4.78 is 4.90.